The van der Waals surface area contributed by atoms with E-state index in [1.165, 1.54) is 0 Å². The number of carbonyl (C=O) groups is 2. The Bertz CT molecular complexity index is 686. The van der Waals surface area contributed by atoms with E-state index in [1.54, 1.807) is 0 Å². The van der Waals surface area contributed by atoms with E-state index in [0.717, 1.165) is 11.7 Å². The number of nitro groups is 2. The Morgan fingerprint density at radius 1 is 1.26 bits per heavy atom. The highest BCUT2D eigenvalue weighted by Crippen LogP contribution is 2.21. The second kappa shape index (κ2) is 7.11. The molecule has 0 fully saturated rings. The minimum Gasteiger partial charge on any atom is -0.481 e. The van der Waals surface area contributed by atoms with Gasteiger partial charge in [-0.1, -0.05) is 0 Å². The maximum atomic E-state index is 11.7. The van der Waals surface area contributed by atoms with E-state index in [-0.39, 0.29) is 6.42 Å². The average molecular weight is 329 g/mol. The molecule has 1 N–H and O–H groups in total. The van der Waals surface area contributed by atoms with Crippen LogP contribution in [0, 0.1) is 20.2 Å². The topological polar surface area (TPSA) is 172 Å². The fourth-order valence-electron chi connectivity index (χ4n) is 1.79. The molecule has 0 aromatic carbocycles. The zero-order chi connectivity index (χ0) is 17.7. The van der Waals surface area contributed by atoms with Crippen molar-refractivity contribution < 1.29 is 29.3 Å². The molecule has 0 bridgehead atoms. The molecule has 0 amide bonds. The second-order valence-electron chi connectivity index (χ2n) is 4.29. The summed E-state index contributed by atoms with van der Waals surface area (Å²) in [6, 6.07) is -1.37. The summed E-state index contributed by atoms with van der Waals surface area (Å²) >= 11 is 0. The number of carboxylic acid groups (broad SMARTS) is 1. The molecule has 0 unspecified atom stereocenters. The van der Waals surface area contributed by atoms with Gasteiger partial charge < -0.3 is 14.4 Å². The van der Waals surface area contributed by atoms with E-state index in [9.17, 15) is 34.6 Å². The van der Waals surface area contributed by atoms with Gasteiger partial charge >= 0.3 is 28.7 Å². The summed E-state index contributed by atoms with van der Waals surface area (Å²) in [5.41, 5.74) is -3.63. The van der Waals surface area contributed by atoms with Crippen LogP contribution in [0.4, 0.5) is 11.4 Å². The Balaban J connectivity index is 3.49. The molecule has 0 radical (unpaired) electrons. The quantitative estimate of drug-likeness (QED) is 0.417. The van der Waals surface area contributed by atoms with Crippen molar-refractivity contribution in [2.75, 3.05) is 7.11 Å². The number of aliphatic carboxylic acids is 1. The Hall–Kier alpha value is -3.31. The predicted octanol–water partition coefficient (Wildman–Crippen LogP) is 0.244. The lowest BCUT2D eigenvalue weighted by Crippen LogP contribution is -2.25. The van der Waals surface area contributed by atoms with Gasteiger partial charge in [-0.25, -0.2) is 4.79 Å². The van der Waals surface area contributed by atoms with Crippen molar-refractivity contribution in [1.29, 1.82) is 0 Å². The minimum atomic E-state index is -1.42. The molecule has 0 saturated carbocycles. The highest BCUT2D eigenvalue weighted by Gasteiger charge is 2.29. The summed E-state index contributed by atoms with van der Waals surface area (Å²) in [7, 11) is 1.00. The number of aromatic nitrogens is 1. The van der Waals surface area contributed by atoms with E-state index in [1.807, 2.05) is 0 Å². The molecule has 1 atom stereocenters. The average Bonchev–Trinajstić information content (AvgIpc) is 2.47. The van der Waals surface area contributed by atoms with Crippen molar-refractivity contribution in [3.63, 3.8) is 0 Å². The Labute approximate surface area is 127 Å². The van der Waals surface area contributed by atoms with Crippen LogP contribution in [0.25, 0.3) is 0 Å². The van der Waals surface area contributed by atoms with Gasteiger partial charge in [0.15, 0.2) is 0 Å². The van der Waals surface area contributed by atoms with Gasteiger partial charge in [0, 0.05) is 6.42 Å². The van der Waals surface area contributed by atoms with Crippen LogP contribution < -0.4 is 5.43 Å². The molecule has 0 saturated heterocycles. The highest BCUT2D eigenvalue weighted by molar-refractivity contribution is 5.75. The van der Waals surface area contributed by atoms with Crippen LogP contribution in [0.1, 0.15) is 18.9 Å². The first kappa shape index (κ1) is 17.7. The van der Waals surface area contributed by atoms with Crippen LogP contribution in [0.5, 0.6) is 0 Å². The maximum Gasteiger partial charge on any atom is 0.339 e. The van der Waals surface area contributed by atoms with Crippen molar-refractivity contribution in [2.45, 2.75) is 18.9 Å². The molecule has 12 heteroatoms. The smallest absolute Gasteiger partial charge is 0.339 e. The third-order valence-corrected chi connectivity index (χ3v) is 2.87. The van der Waals surface area contributed by atoms with Gasteiger partial charge in [-0.15, -0.1) is 0 Å². The molecule has 1 aromatic rings. The first-order valence-electron chi connectivity index (χ1n) is 6.03. The van der Waals surface area contributed by atoms with E-state index < -0.39 is 51.1 Å². The number of rotatable bonds is 7. The number of nitrogens with zero attached hydrogens (tertiary/aromatic N) is 3. The molecule has 1 rings (SSSR count). The third-order valence-electron chi connectivity index (χ3n) is 2.87. The number of hydrogen-bond donors (Lipinski definition) is 1. The Kier molecular flexibility index (Phi) is 5.48. The molecular weight excluding hydrogens is 318 g/mol. The zero-order valence-corrected chi connectivity index (χ0v) is 11.7. The normalized spacial score (nSPS) is 11.5. The first-order chi connectivity index (χ1) is 10.7. The van der Waals surface area contributed by atoms with E-state index in [4.69, 9.17) is 5.11 Å². The van der Waals surface area contributed by atoms with Gasteiger partial charge in [-0.3, -0.25) is 29.8 Å². The fourth-order valence-corrected chi connectivity index (χ4v) is 1.79. The molecular formula is C11H11N3O9. The first-order valence-corrected chi connectivity index (χ1v) is 6.03. The van der Waals surface area contributed by atoms with Crippen LogP contribution in [0.3, 0.4) is 0 Å². The van der Waals surface area contributed by atoms with Crippen LogP contribution >= 0.6 is 0 Å². The SMILES string of the molecule is COC(=O)[C@H](CCC(=O)O)n1cc([N+](=O)[O-])c(=O)c([N+](=O)[O-])c1. The molecule has 1 heterocycles. The van der Waals surface area contributed by atoms with Crippen molar-refractivity contribution in [1.82, 2.24) is 4.57 Å². The lowest BCUT2D eigenvalue weighted by molar-refractivity contribution is -0.397. The molecule has 0 aliphatic carbocycles. The number of pyridine rings is 1. The maximum absolute atomic E-state index is 11.7. The number of carboxylic acids is 1. The molecule has 23 heavy (non-hydrogen) atoms. The van der Waals surface area contributed by atoms with Gasteiger partial charge in [0.1, 0.15) is 6.04 Å². The largest absolute Gasteiger partial charge is 0.481 e. The number of esters is 1. The van der Waals surface area contributed by atoms with E-state index >= 15 is 0 Å². The predicted molar refractivity (Wildman–Crippen MR) is 71.9 cm³/mol. The van der Waals surface area contributed by atoms with Gasteiger partial charge in [0.25, 0.3) is 0 Å². The zero-order valence-electron chi connectivity index (χ0n) is 11.7. The summed E-state index contributed by atoms with van der Waals surface area (Å²) in [6.45, 7) is 0. The van der Waals surface area contributed by atoms with Gasteiger partial charge in [0.05, 0.1) is 29.4 Å². The van der Waals surface area contributed by atoms with Gasteiger partial charge in [-0.2, -0.15) is 0 Å². The summed E-state index contributed by atoms with van der Waals surface area (Å²) in [5, 5.41) is 30.3. The standard InChI is InChI=1S/C11H11N3O9/c1-23-11(18)6(2-3-9(15)16)12-4-7(13(19)20)10(17)8(5-12)14(21)22/h4-6H,2-3H2,1H3,(H,15,16)/t6-/m0/s1. The molecule has 0 aliphatic heterocycles. The number of carbonyl (C=O) groups excluding carboxylic acids is 1. The van der Waals surface area contributed by atoms with Gasteiger partial charge in [0.2, 0.25) is 0 Å². The van der Waals surface area contributed by atoms with Crippen molar-refractivity contribution in [3.8, 4) is 0 Å². The number of ether oxygens (including phenoxy) is 1. The summed E-state index contributed by atoms with van der Waals surface area (Å²) in [4.78, 5) is 53.4. The second-order valence-corrected chi connectivity index (χ2v) is 4.29. The molecule has 12 nitrogen and oxygen atoms in total. The minimum absolute atomic E-state index is 0.334. The Morgan fingerprint density at radius 3 is 2.09 bits per heavy atom. The van der Waals surface area contributed by atoms with Gasteiger partial charge in [-0.05, 0) is 6.42 Å². The van der Waals surface area contributed by atoms with Crippen molar-refractivity contribution in [2.24, 2.45) is 0 Å². The fraction of sp³-hybridized carbons (Fsp3) is 0.364. The van der Waals surface area contributed by atoms with Crippen LogP contribution in [-0.2, 0) is 14.3 Å². The number of methoxy groups -OCH3 is 1. The lowest BCUT2D eigenvalue weighted by Gasteiger charge is -2.16. The highest BCUT2D eigenvalue weighted by atomic mass is 16.6. The van der Waals surface area contributed by atoms with E-state index in [0.29, 0.717) is 12.4 Å². The Morgan fingerprint density at radius 2 is 1.74 bits per heavy atom. The summed E-state index contributed by atoms with van der Waals surface area (Å²) in [5.74, 6) is -2.21. The monoisotopic (exact) mass is 329 g/mol. The van der Waals surface area contributed by atoms with Crippen molar-refractivity contribution in [3.05, 3.63) is 42.8 Å². The molecule has 0 spiro atoms. The van der Waals surface area contributed by atoms with Crippen molar-refractivity contribution >= 4 is 23.3 Å². The molecule has 1 aromatic heterocycles. The molecule has 0 aliphatic rings. The van der Waals surface area contributed by atoms with Crippen LogP contribution in [0.15, 0.2) is 17.2 Å². The van der Waals surface area contributed by atoms with E-state index in [2.05, 4.69) is 4.74 Å². The molecule has 124 valence electrons. The third kappa shape index (κ3) is 4.09. The number of hydrogen-bond acceptors (Lipinski definition) is 8. The van der Waals surface area contributed by atoms with Crippen LogP contribution in [-0.4, -0.2) is 38.6 Å². The van der Waals surface area contributed by atoms with Crippen LogP contribution in [0.2, 0.25) is 0 Å². The summed E-state index contributed by atoms with van der Waals surface area (Å²) in [6.07, 6.45) is 0.449. The lowest BCUT2D eigenvalue weighted by atomic mass is 10.1. The summed E-state index contributed by atoms with van der Waals surface area (Å²) < 4.78 is 5.20.